The first-order valence-corrected chi connectivity index (χ1v) is 7.60. The van der Waals surface area contributed by atoms with Gasteiger partial charge in [0.2, 0.25) is 0 Å². The quantitative estimate of drug-likeness (QED) is 0.474. The zero-order chi connectivity index (χ0) is 15.9. The Labute approximate surface area is 131 Å². The Balaban J connectivity index is 1.86. The highest BCUT2D eigenvalue weighted by Crippen LogP contribution is 2.23. The van der Waals surface area contributed by atoms with Gasteiger partial charge < -0.3 is 5.32 Å². The first-order chi connectivity index (χ1) is 10.6. The SMILES string of the molecule is Cc1ccc(C(C)NCCCc2ccccc2)cc1[N+](=O)[O-]. The van der Waals surface area contributed by atoms with Gasteiger partial charge in [0.05, 0.1) is 4.92 Å². The van der Waals surface area contributed by atoms with Crippen molar-refractivity contribution in [2.24, 2.45) is 0 Å². The number of hydrogen-bond acceptors (Lipinski definition) is 3. The second-order valence-electron chi connectivity index (χ2n) is 5.57. The first kappa shape index (κ1) is 16.2. The van der Waals surface area contributed by atoms with E-state index in [-0.39, 0.29) is 16.7 Å². The minimum absolute atomic E-state index is 0.107. The number of benzene rings is 2. The van der Waals surface area contributed by atoms with Gasteiger partial charge >= 0.3 is 0 Å². The van der Waals surface area contributed by atoms with Crippen molar-refractivity contribution in [1.82, 2.24) is 5.32 Å². The minimum atomic E-state index is -0.318. The average molecular weight is 298 g/mol. The van der Waals surface area contributed by atoms with Gasteiger partial charge in [0.1, 0.15) is 0 Å². The molecule has 0 amide bonds. The summed E-state index contributed by atoms with van der Waals surface area (Å²) < 4.78 is 0. The van der Waals surface area contributed by atoms with Crippen molar-refractivity contribution in [2.45, 2.75) is 32.7 Å². The molecule has 116 valence electrons. The molecule has 2 aromatic rings. The van der Waals surface area contributed by atoms with Gasteiger partial charge in [-0.25, -0.2) is 0 Å². The molecule has 0 heterocycles. The minimum Gasteiger partial charge on any atom is -0.310 e. The third-order valence-electron chi connectivity index (χ3n) is 3.87. The lowest BCUT2D eigenvalue weighted by atomic mass is 10.0. The molecular weight excluding hydrogens is 276 g/mol. The Morgan fingerprint density at radius 1 is 1.18 bits per heavy atom. The molecule has 0 saturated carbocycles. The predicted molar refractivity (Wildman–Crippen MR) is 89.0 cm³/mol. The van der Waals surface area contributed by atoms with Crippen LogP contribution in [0.25, 0.3) is 0 Å². The summed E-state index contributed by atoms with van der Waals surface area (Å²) in [6.07, 6.45) is 2.08. The van der Waals surface area contributed by atoms with E-state index in [0.717, 1.165) is 24.9 Å². The number of nitrogens with zero attached hydrogens (tertiary/aromatic N) is 1. The fraction of sp³-hybridized carbons (Fsp3) is 0.333. The van der Waals surface area contributed by atoms with E-state index in [0.29, 0.717) is 5.56 Å². The van der Waals surface area contributed by atoms with E-state index < -0.39 is 0 Å². The van der Waals surface area contributed by atoms with Crippen molar-refractivity contribution in [3.8, 4) is 0 Å². The molecule has 0 aliphatic heterocycles. The molecule has 1 unspecified atom stereocenters. The van der Waals surface area contributed by atoms with Gasteiger partial charge in [-0.3, -0.25) is 10.1 Å². The standard InChI is InChI=1S/C18H22N2O2/c1-14-10-11-17(13-18(14)20(21)22)15(2)19-12-6-9-16-7-4-3-5-8-16/h3-5,7-8,10-11,13,15,19H,6,9,12H2,1-2H3. The average Bonchev–Trinajstić information content (AvgIpc) is 2.52. The lowest BCUT2D eigenvalue weighted by Gasteiger charge is -2.14. The molecule has 4 heteroatoms. The zero-order valence-electron chi connectivity index (χ0n) is 13.1. The van der Waals surface area contributed by atoms with Gasteiger partial charge in [-0.05, 0) is 44.4 Å². The number of hydrogen-bond donors (Lipinski definition) is 1. The van der Waals surface area contributed by atoms with Gasteiger partial charge in [-0.15, -0.1) is 0 Å². The molecule has 1 atom stereocenters. The Morgan fingerprint density at radius 2 is 1.91 bits per heavy atom. The summed E-state index contributed by atoms with van der Waals surface area (Å²) in [4.78, 5) is 10.7. The highest BCUT2D eigenvalue weighted by atomic mass is 16.6. The van der Waals surface area contributed by atoms with E-state index in [1.165, 1.54) is 5.56 Å². The number of nitro groups is 1. The maximum absolute atomic E-state index is 11.0. The van der Waals surface area contributed by atoms with Crippen LogP contribution in [0, 0.1) is 17.0 Å². The van der Waals surface area contributed by atoms with E-state index in [2.05, 4.69) is 29.6 Å². The zero-order valence-corrected chi connectivity index (χ0v) is 13.1. The third-order valence-corrected chi connectivity index (χ3v) is 3.87. The third kappa shape index (κ3) is 4.40. The van der Waals surface area contributed by atoms with E-state index in [1.54, 1.807) is 13.0 Å². The summed E-state index contributed by atoms with van der Waals surface area (Å²) in [6.45, 7) is 4.69. The van der Waals surface area contributed by atoms with Gasteiger partial charge in [0.25, 0.3) is 5.69 Å². The predicted octanol–water partition coefficient (Wildman–Crippen LogP) is 4.19. The summed E-state index contributed by atoms with van der Waals surface area (Å²) in [5.41, 5.74) is 3.18. The molecule has 0 fully saturated rings. The maximum atomic E-state index is 11.0. The Hall–Kier alpha value is -2.20. The van der Waals surface area contributed by atoms with Gasteiger partial charge in [-0.1, -0.05) is 42.5 Å². The highest BCUT2D eigenvalue weighted by Gasteiger charge is 2.13. The van der Waals surface area contributed by atoms with Crippen LogP contribution in [-0.2, 0) is 6.42 Å². The number of nitro benzene ring substituents is 1. The van der Waals surface area contributed by atoms with Crippen LogP contribution in [0.5, 0.6) is 0 Å². The normalized spacial score (nSPS) is 12.1. The largest absolute Gasteiger partial charge is 0.310 e. The fourth-order valence-electron chi connectivity index (χ4n) is 2.47. The van der Waals surface area contributed by atoms with E-state index in [1.807, 2.05) is 25.1 Å². The Bertz CT molecular complexity index is 626. The van der Waals surface area contributed by atoms with Crippen molar-refractivity contribution >= 4 is 5.69 Å². The molecule has 4 nitrogen and oxygen atoms in total. The van der Waals surface area contributed by atoms with Crippen LogP contribution < -0.4 is 5.32 Å². The Kier molecular flexibility index (Phi) is 5.67. The summed E-state index contributed by atoms with van der Waals surface area (Å²) in [7, 11) is 0. The van der Waals surface area contributed by atoms with Gasteiger partial charge in [0.15, 0.2) is 0 Å². The molecule has 0 radical (unpaired) electrons. The lowest BCUT2D eigenvalue weighted by molar-refractivity contribution is -0.385. The molecule has 2 aromatic carbocycles. The second-order valence-corrected chi connectivity index (χ2v) is 5.57. The molecule has 0 bridgehead atoms. The number of aryl methyl sites for hydroxylation is 2. The highest BCUT2D eigenvalue weighted by molar-refractivity contribution is 5.43. The van der Waals surface area contributed by atoms with Gasteiger partial charge in [0, 0.05) is 17.7 Å². The van der Waals surface area contributed by atoms with Crippen LogP contribution in [0.1, 0.15) is 36.1 Å². The van der Waals surface area contributed by atoms with Crippen LogP contribution in [0.2, 0.25) is 0 Å². The van der Waals surface area contributed by atoms with Crippen LogP contribution in [0.3, 0.4) is 0 Å². The molecule has 22 heavy (non-hydrogen) atoms. The smallest absolute Gasteiger partial charge is 0.272 e. The topological polar surface area (TPSA) is 55.2 Å². The molecule has 1 N–H and O–H groups in total. The van der Waals surface area contributed by atoms with Crippen molar-refractivity contribution in [1.29, 1.82) is 0 Å². The molecule has 0 aliphatic rings. The number of rotatable bonds is 7. The lowest BCUT2D eigenvalue weighted by Crippen LogP contribution is -2.20. The maximum Gasteiger partial charge on any atom is 0.272 e. The molecule has 0 saturated heterocycles. The van der Waals surface area contributed by atoms with Crippen molar-refractivity contribution in [3.63, 3.8) is 0 Å². The van der Waals surface area contributed by atoms with Crippen LogP contribution >= 0.6 is 0 Å². The second kappa shape index (κ2) is 7.71. The Morgan fingerprint density at radius 3 is 2.59 bits per heavy atom. The summed E-state index contributed by atoms with van der Waals surface area (Å²) >= 11 is 0. The van der Waals surface area contributed by atoms with Crippen molar-refractivity contribution in [2.75, 3.05) is 6.54 Å². The first-order valence-electron chi connectivity index (χ1n) is 7.60. The van der Waals surface area contributed by atoms with Crippen LogP contribution in [0.15, 0.2) is 48.5 Å². The summed E-state index contributed by atoms with van der Waals surface area (Å²) in [5.74, 6) is 0. The molecule has 2 rings (SSSR count). The molecule has 0 aromatic heterocycles. The van der Waals surface area contributed by atoms with E-state index in [9.17, 15) is 10.1 Å². The molecule has 0 aliphatic carbocycles. The fourth-order valence-corrected chi connectivity index (χ4v) is 2.47. The molecular formula is C18H22N2O2. The van der Waals surface area contributed by atoms with Crippen LogP contribution in [-0.4, -0.2) is 11.5 Å². The van der Waals surface area contributed by atoms with Crippen molar-refractivity contribution < 1.29 is 4.92 Å². The number of nitrogens with one attached hydrogen (secondary N) is 1. The summed E-state index contributed by atoms with van der Waals surface area (Å²) in [5, 5.41) is 14.4. The van der Waals surface area contributed by atoms with Crippen LogP contribution in [0.4, 0.5) is 5.69 Å². The van der Waals surface area contributed by atoms with E-state index in [4.69, 9.17) is 0 Å². The summed E-state index contributed by atoms with van der Waals surface area (Å²) in [6, 6.07) is 15.9. The van der Waals surface area contributed by atoms with Crippen molar-refractivity contribution in [3.05, 3.63) is 75.3 Å². The van der Waals surface area contributed by atoms with Gasteiger partial charge in [-0.2, -0.15) is 0 Å². The monoisotopic (exact) mass is 298 g/mol. The van der Waals surface area contributed by atoms with E-state index >= 15 is 0 Å². The molecule has 0 spiro atoms.